The third-order valence-corrected chi connectivity index (χ3v) is 2.81. The monoisotopic (exact) mass is 256 g/mol. The van der Waals surface area contributed by atoms with E-state index in [4.69, 9.17) is 5.11 Å². The van der Waals surface area contributed by atoms with Crippen LogP contribution in [0.25, 0.3) is 0 Å². The Morgan fingerprint density at radius 1 is 1.50 bits per heavy atom. The molecule has 1 fully saturated rings. The van der Waals surface area contributed by atoms with Gasteiger partial charge in [-0.1, -0.05) is 6.42 Å². The minimum absolute atomic E-state index is 0.0637. The van der Waals surface area contributed by atoms with Gasteiger partial charge in [-0.15, -0.1) is 0 Å². The maximum Gasteiger partial charge on any atom is 0.354 e. The first-order valence-corrected chi connectivity index (χ1v) is 5.24. The van der Waals surface area contributed by atoms with E-state index in [1.807, 2.05) is 0 Å². The number of carboxylic acid groups (broad SMARTS) is 1. The summed E-state index contributed by atoms with van der Waals surface area (Å²) in [4.78, 5) is 18.9. The molecule has 1 aromatic heterocycles. The number of carbonyl (C=O) groups is 1. The lowest BCUT2D eigenvalue weighted by molar-refractivity contribution is 0.0689. The van der Waals surface area contributed by atoms with E-state index in [-0.39, 0.29) is 5.69 Å². The highest BCUT2D eigenvalue weighted by atomic mass is 79.9. The average Bonchev–Trinajstić information content (AvgIpc) is 1.99. The predicted molar refractivity (Wildman–Crippen MR) is 53.3 cm³/mol. The van der Waals surface area contributed by atoms with Crippen molar-refractivity contribution in [3.8, 4) is 0 Å². The van der Waals surface area contributed by atoms with Crippen LogP contribution in [0.1, 0.15) is 41.5 Å². The first-order valence-electron chi connectivity index (χ1n) is 4.44. The smallest absolute Gasteiger partial charge is 0.354 e. The van der Waals surface area contributed by atoms with Gasteiger partial charge in [-0.3, -0.25) is 0 Å². The number of halogens is 1. The lowest BCUT2D eigenvalue weighted by Crippen LogP contribution is -2.15. The van der Waals surface area contributed by atoms with E-state index >= 15 is 0 Å². The minimum Gasteiger partial charge on any atom is -0.477 e. The van der Waals surface area contributed by atoms with E-state index in [9.17, 15) is 4.79 Å². The zero-order valence-corrected chi connectivity index (χ0v) is 8.99. The van der Waals surface area contributed by atoms with Crippen molar-refractivity contribution >= 4 is 21.9 Å². The molecule has 1 aliphatic rings. The van der Waals surface area contributed by atoms with Gasteiger partial charge in [-0.2, -0.15) is 0 Å². The van der Waals surface area contributed by atoms with Gasteiger partial charge in [0.25, 0.3) is 0 Å². The molecular formula is C9H9BrN2O2. The van der Waals surface area contributed by atoms with Crippen LogP contribution in [0.4, 0.5) is 0 Å². The van der Waals surface area contributed by atoms with Crippen LogP contribution in [-0.2, 0) is 0 Å². The average molecular weight is 257 g/mol. The lowest BCUT2D eigenvalue weighted by atomic mass is 9.85. The van der Waals surface area contributed by atoms with Gasteiger partial charge in [0.2, 0.25) is 0 Å². The molecule has 0 spiro atoms. The summed E-state index contributed by atoms with van der Waals surface area (Å²) in [6.45, 7) is 0. The third-order valence-electron chi connectivity index (χ3n) is 2.40. The van der Waals surface area contributed by atoms with Crippen LogP contribution in [0.15, 0.2) is 10.7 Å². The molecule has 0 radical (unpaired) electrons. The van der Waals surface area contributed by atoms with Crippen molar-refractivity contribution < 1.29 is 9.90 Å². The molecule has 74 valence electrons. The molecular weight excluding hydrogens is 248 g/mol. The largest absolute Gasteiger partial charge is 0.477 e. The molecule has 4 nitrogen and oxygen atoms in total. The molecule has 0 saturated heterocycles. The molecule has 0 atom stereocenters. The van der Waals surface area contributed by atoms with Gasteiger partial charge >= 0.3 is 5.97 Å². The zero-order chi connectivity index (χ0) is 10.1. The summed E-state index contributed by atoms with van der Waals surface area (Å²) in [5.41, 5.74) is 0.0637. The third kappa shape index (κ3) is 1.77. The Morgan fingerprint density at radius 2 is 2.21 bits per heavy atom. The summed E-state index contributed by atoms with van der Waals surface area (Å²) in [5, 5.41) is 8.80. The van der Waals surface area contributed by atoms with E-state index in [1.54, 1.807) is 0 Å². The van der Waals surface area contributed by atoms with Crippen LogP contribution in [0.3, 0.4) is 0 Å². The van der Waals surface area contributed by atoms with Crippen molar-refractivity contribution in [1.82, 2.24) is 9.97 Å². The Morgan fingerprint density at radius 3 is 2.71 bits per heavy atom. The Kier molecular flexibility index (Phi) is 2.50. The van der Waals surface area contributed by atoms with Crippen LogP contribution in [0.2, 0.25) is 0 Å². The summed E-state index contributed by atoms with van der Waals surface area (Å²) in [5.74, 6) is 0.00213. The van der Waals surface area contributed by atoms with Gasteiger partial charge in [0.1, 0.15) is 10.4 Å². The minimum atomic E-state index is -1.01. The van der Waals surface area contributed by atoms with Crippen molar-refractivity contribution in [2.45, 2.75) is 25.2 Å². The van der Waals surface area contributed by atoms with Gasteiger partial charge in [0.05, 0.1) is 0 Å². The summed E-state index contributed by atoms with van der Waals surface area (Å²) < 4.78 is 0.548. The number of nitrogens with zero attached hydrogens (tertiary/aromatic N) is 2. The molecule has 0 unspecified atom stereocenters. The van der Waals surface area contributed by atoms with Crippen LogP contribution < -0.4 is 0 Å². The van der Waals surface area contributed by atoms with Crippen LogP contribution in [0, 0.1) is 0 Å². The molecule has 1 saturated carbocycles. The van der Waals surface area contributed by atoms with Crippen LogP contribution >= 0.6 is 15.9 Å². The second-order valence-corrected chi connectivity index (χ2v) is 4.18. The van der Waals surface area contributed by atoms with Crippen LogP contribution in [-0.4, -0.2) is 21.0 Å². The summed E-state index contributed by atoms with van der Waals surface area (Å²) in [6.07, 6.45) is 3.31. The Balaban J connectivity index is 2.35. The molecule has 14 heavy (non-hydrogen) atoms. The Hall–Kier alpha value is -0.970. The van der Waals surface area contributed by atoms with Crippen molar-refractivity contribution in [3.05, 3.63) is 22.2 Å². The van der Waals surface area contributed by atoms with E-state index in [0.717, 1.165) is 12.8 Å². The highest BCUT2D eigenvalue weighted by Crippen LogP contribution is 2.34. The number of hydrogen-bond donors (Lipinski definition) is 1. The second-order valence-electron chi connectivity index (χ2n) is 3.37. The van der Waals surface area contributed by atoms with E-state index in [1.165, 1.54) is 12.5 Å². The van der Waals surface area contributed by atoms with Gasteiger partial charge < -0.3 is 5.11 Å². The maximum absolute atomic E-state index is 10.7. The fraction of sp³-hybridized carbons (Fsp3) is 0.444. The Labute approximate surface area is 89.5 Å². The van der Waals surface area contributed by atoms with Crippen LogP contribution in [0.5, 0.6) is 0 Å². The normalized spacial score (nSPS) is 16.4. The number of aromatic carboxylic acids is 1. The van der Waals surface area contributed by atoms with Crippen molar-refractivity contribution in [1.29, 1.82) is 0 Å². The predicted octanol–water partition coefficient (Wildman–Crippen LogP) is 2.20. The number of aromatic nitrogens is 2. The second kappa shape index (κ2) is 3.65. The van der Waals surface area contributed by atoms with Crippen molar-refractivity contribution in [2.24, 2.45) is 0 Å². The quantitative estimate of drug-likeness (QED) is 0.825. The zero-order valence-electron chi connectivity index (χ0n) is 7.40. The molecule has 1 N–H and O–H groups in total. The molecule has 0 aliphatic heterocycles. The molecule has 0 amide bonds. The van der Waals surface area contributed by atoms with Gasteiger partial charge in [-0.25, -0.2) is 14.8 Å². The first kappa shape index (κ1) is 9.58. The van der Waals surface area contributed by atoms with Gasteiger partial charge in [0.15, 0.2) is 5.69 Å². The van der Waals surface area contributed by atoms with E-state index in [2.05, 4.69) is 25.9 Å². The summed E-state index contributed by atoms with van der Waals surface area (Å²) in [7, 11) is 0. The van der Waals surface area contributed by atoms with Gasteiger partial charge in [-0.05, 0) is 28.8 Å². The number of rotatable bonds is 2. The fourth-order valence-corrected chi connectivity index (χ4v) is 1.79. The highest BCUT2D eigenvalue weighted by molar-refractivity contribution is 9.10. The fourth-order valence-electron chi connectivity index (χ4n) is 1.39. The molecule has 0 bridgehead atoms. The van der Waals surface area contributed by atoms with Crippen molar-refractivity contribution in [3.63, 3.8) is 0 Å². The molecule has 5 heteroatoms. The summed E-state index contributed by atoms with van der Waals surface area (Å²) >= 11 is 3.19. The number of hydrogen-bond acceptors (Lipinski definition) is 3. The van der Waals surface area contributed by atoms with E-state index < -0.39 is 5.97 Å². The van der Waals surface area contributed by atoms with Crippen molar-refractivity contribution in [2.75, 3.05) is 0 Å². The lowest BCUT2D eigenvalue weighted by Gasteiger charge is -2.23. The molecule has 1 aliphatic carbocycles. The van der Waals surface area contributed by atoms with Gasteiger partial charge in [0, 0.05) is 12.0 Å². The SMILES string of the molecule is O=C(O)c1cc(Br)nc(C2CCC2)n1. The molecule has 2 rings (SSSR count). The number of carboxylic acids is 1. The Bertz CT molecular complexity index is 377. The molecule has 1 aromatic rings. The maximum atomic E-state index is 10.7. The molecule has 0 aromatic carbocycles. The first-order chi connectivity index (χ1) is 6.66. The van der Waals surface area contributed by atoms with E-state index in [0.29, 0.717) is 16.3 Å². The standard InChI is InChI=1S/C9H9BrN2O2/c10-7-4-6(9(13)14)11-8(12-7)5-2-1-3-5/h4-5H,1-3H2,(H,13,14). The topological polar surface area (TPSA) is 63.1 Å². The highest BCUT2D eigenvalue weighted by Gasteiger charge is 2.23. The summed E-state index contributed by atoms with van der Waals surface area (Å²) in [6, 6.07) is 1.42. The molecule has 1 heterocycles.